The van der Waals surface area contributed by atoms with Crippen LogP contribution in [-0.4, -0.2) is 47.3 Å². The Hall–Kier alpha value is -3.88. The Morgan fingerprint density at radius 1 is 1.03 bits per heavy atom. The van der Waals surface area contributed by atoms with Crippen molar-refractivity contribution >= 4 is 17.5 Å². The zero-order valence-corrected chi connectivity index (χ0v) is 16.8. The molecule has 0 aliphatic rings. The average Bonchev–Trinajstić information content (AvgIpc) is 3.31. The fourth-order valence-corrected chi connectivity index (χ4v) is 2.91. The lowest BCUT2D eigenvalue weighted by Crippen LogP contribution is -2.33. The number of carbonyl (C=O) groups excluding carboxylic acids is 2. The largest absolute Gasteiger partial charge is 0.493 e. The minimum atomic E-state index is -0.309. The third-order valence-electron chi connectivity index (χ3n) is 4.39. The minimum absolute atomic E-state index is 0.112. The van der Waals surface area contributed by atoms with Crippen molar-refractivity contribution in [1.29, 1.82) is 0 Å². The van der Waals surface area contributed by atoms with E-state index in [1.807, 2.05) is 24.3 Å². The number of nitrogens with zero attached hydrogens (tertiary/aromatic N) is 3. The number of ether oxygens (including phenoxy) is 2. The molecule has 0 atom stereocenters. The van der Waals surface area contributed by atoms with Crippen LogP contribution >= 0.6 is 0 Å². The fourth-order valence-electron chi connectivity index (χ4n) is 2.91. The predicted molar refractivity (Wildman–Crippen MR) is 111 cm³/mol. The van der Waals surface area contributed by atoms with Gasteiger partial charge in [-0.05, 0) is 42.3 Å². The van der Waals surface area contributed by atoms with Gasteiger partial charge in [0.15, 0.2) is 11.5 Å². The SMILES string of the molecule is COc1cccc(CCC(=O)NCC(=O)Nc2ccc(-n3cncn3)cc2)c1OC. The van der Waals surface area contributed by atoms with Crippen LogP contribution in [0.1, 0.15) is 12.0 Å². The Morgan fingerprint density at radius 3 is 2.50 bits per heavy atom. The lowest BCUT2D eigenvalue weighted by molar-refractivity contribution is -0.124. The molecule has 0 aliphatic heterocycles. The van der Waals surface area contributed by atoms with Gasteiger partial charge in [0.1, 0.15) is 12.7 Å². The average molecular weight is 409 g/mol. The summed E-state index contributed by atoms with van der Waals surface area (Å²) >= 11 is 0. The van der Waals surface area contributed by atoms with Gasteiger partial charge in [-0.3, -0.25) is 9.59 Å². The maximum Gasteiger partial charge on any atom is 0.243 e. The molecule has 3 rings (SSSR count). The second kappa shape index (κ2) is 10.1. The van der Waals surface area contributed by atoms with E-state index in [0.29, 0.717) is 23.6 Å². The highest BCUT2D eigenvalue weighted by molar-refractivity contribution is 5.94. The molecule has 9 nitrogen and oxygen atoms in total. The Bertz CT molecular complexity index is 987. The van der Waals surface area contributed by atoms with Gasteiger partial charge in [-0.15, -0.1) is 0 Å². The molecule has 1 aromatic heterocycles. The molecular weight excluding hydrogens is 386 g/mol. The molecule has 0 spiro atoms. The summed E-state index contributed by atoms with van der Waals surface area (Å²) in [5.41, 5.74) is 2.31. The van der Waals surface area contributed by atoms with Crippen LogP contribution < -0.4 is 20.1 Å². The van der Waals surface area contributed by atoms with Crippen molar-refractivity contribution in [2.24, 2.45) is 0 Å². The van der Waals surface area contributed by atoms with Gasteiger partial charge in [0, 0.05) is 12.1 Å². The number of hydrogen-bond donors (Lipinski definition) is 2. The van der Waals surface area contributed by atoms with Gasteiger partial charge in [-0.1, -0.05) is 12.1 Å². The first-order chi connectivity index (χ1) is 14.6. The lowest BCUT2D eigenvalue weighted by Gasteiger charge is -2.12. The standard InChI is InChI=1S/C21H23N5O4/c1-29-18-5-3-4-15(21(18)30-2)6-11-19(27)23-12-20(28)25-16-7-9-17(10-8-16)26-14-22-13-24-26/h3-5,7-10,13-14H,6,11-12H2,1-2H3,(H,23,27)(H,25,28). The van der Waals surface area contributed by atoms with Gasteiger partial charge in [0.2, 0.25) is 11.8 Å². The normalized spacial score (nSPS) is 10.3. The summed E-state index contributed by atoms with van der Waals surface area (Å²) in [6.07, 6.45) is 3.73. The maximum atomic E-state index is 12.1. The highest BCUT2D eigenvalue weighted by atomic mass is 16.5. The molecule has 0 unspecified atom stereocenters. The van der Waals surface area contributed by atoms with Crippen LogP contribution in [-0.2, 0) is 16.0 Å². The zero-order valence-electron chi connectivity index (χ0n) is 16.8. The Balaban J connectivity index is 1.45. The number of anilines is 1. The zero-order chi connectivity index (χ0) is 21.3. The Kier molecular flexibility index (Phi) is 6.99. The molecule has 0 radical (unpaired) electrons. The van der Waals surface area contributed by atoms with Crippen molar-refractivity contribution in [2.75, 3.05) is 26.1 Å². The summed E-state index contributed by atoms with van der Waals surface area (Å²) < 4.78 is 12.2. The van der Waals surface area contributed by atoms with E-state index in [0.717, 1.165) is 11.3 Å². The maximum absolute atomic E-state index is 12.1. The second-order valence-corrected chi connectivity index (χ2v) is 6.36. The summed E-state index contributed by atoms with van der Waals surface area (Å²) in [5.74, 6) is 0.692. The van der Waals surface area contributed by atoms with Gasteiger partial charge in [0.05, 0.1) is 26.5 Å². The van der Waals surface area contributed by atoms with Crippen LogP contribution in [0.5, 0.6) is 11.5 Å². The van der Waals surface area contributed by atoms with Crippen molar-refractivity contribution < 1.29 is 19.1 Å². The molecule has 0 aliphatic carbocycles. The quantitative estimate of drug-likeness (QED) is 0.560. The van der Waals surface area contributed by atoms with Crippen LogP contribution in [0.2, 0.25) is 0 Å². The molecule has 9 heteroatoms. The van der Waals surface area contributed by atoms with E-state index in [9.17, 15) is 9.59 Å². The monoisotopic (exact) mass is 409 g/mol. The number of methoxy groups -OCH3 is 2. The molecule has 0 fully saturated rings. The molecule has 0 bridgehead atoms. The number of para-hydroxylation sites is 1. The number of amides is 2. The first-order valence-corrected chi connectivity index (χ1v) is 9.32. The summed E-state index contributed by atoms with van der Waals surface area (Å²) in [6, 6.07) is 12.7. The van der Waals surface area contributed by atoms with Gasteiger partial charge >= 0.3 is 0 Å². The first kappa shape index (κ1) is 20.8. The molecular formula is C21H23N5O4. The van der Waals surface area contributed by atoms with Crippen molar-refractivity contribution in [3.63, 3.8) is 0 Å². The van der Waals surface area contributed by atoms with Crippen molar-refractivity contribution in [1.82, 2.24) is 20.1 Å². The Morgan fingerprint density at radius 2 is 1.83 bits per heavy atom. The highest BCUT2D eigenvalue weighted by Gasteiger charge is 2.12. The van der Waals surface area contributed by atoms with Crippen LogP contribution in [0.3, 0.4) is 0 Å². The van der Waals surface area contributed by atoms with E-state index in [2.05, 4.69) is 20.7 Å². The Labute approximate surface area is 174 Å². The first-order valence-electron chi connectivity index (χ1n) is 9.32. The van der Waals surface area contributed by atoms with Crippen molar-refractivity contribution in [3.8, 4) is 17.2 Å². The molecule has 1 heterocycles. The molecule has 156 valence electrons. The number of benzene rings is 2. The van der Waals surface area contributed by atoms with Gasteiger partial charge in [-0.25, -0.2) is 9.67 Å². The second-order valence-electron chi connectivity index (χ2n) is 6.36. The number of rotatable bonds is 9. The van der Waals surface area contributed by atoms with Crippen molar-refractivity contribution in [2.45, 2.75) is 12.8 Å². The summed E-state index contributed by atoms with van der Waals surface area (Å²) in [7, 11) is 3.12. The van der Waals surface area contributed by atoms with E-state index in [1.54, 1.807) is 43.4 Å². The lowest BCUT2D eigenvalue weighted by atomic mass is 10.1. The third-order valence-corrected chi connectivity index (χ3v) is 4.39. The third kappa shape index (κ3) is 5.34. The summed E-state index contributed by atoms with van der Waals surface area (Å²) in [6.45, 7) is -0.112. The van der Waals surface area contributed by atoms with Gasteiger partial charge in [-0.2, -0.15) is 5.10 Å². The number of hydrogen-bond acceptors (Lipinski definition) is 6. The van der Waals surface area contributed by atoms with Gasteiger partial charge in [0.25, 0.3) is 0 Å². The predicted octanol–water partition coefficient (Wildman–Crippen LogP) is 1.97. The van der Waals surface area contributed by atoms with Crippen LogP contribution in [0, 0.1) is 0 Å². The number of aryl methyl sites for hydroxylation is 1. The van der Waals surface area contributed by atoms with Crippen LogP contribution in [0.25, 0.3) is 5.69 Å². The van der Waals surface area contributed by atoms with Crippen molar-refractivity contribution in [3.05, 3.63) is 60.7 Å². The topological polar surface area (TPSA) is 107 Å². The molecule has 30 heavy (non-hydrogen) atoms. The highest BCUT2D eigenvalue weighted by Crippen LogP contribution is 2.31. The molecule has 2 amide bonds. The van der Waals surface area contributed by atoms with Crippen LogP contribution in [0.15, 0.2) is 55.1 Å². The molecule has 2 aromatic carbocycles. The van der Waals surface area contributed by atoms with E-state index < -0.39 is 0 Å². The van der Waals surface area contributed by atoms with Crippen LogP contribution in [0.4, 0.5) is 5.69 Å². The summed E-state index contributed by atoms with van der Waals surface area (Å²) in [5, 5.41) is 9.41. The summed E-state index contributed by atoms with van der Waals surface area (Å²) in [4.78, 5) is 28.1. The number of carbonyl (C=O) groups is 2. The van der Waals surface area contributed by atoms with E-state index >= 15 is 0 Å². The molecule has 0 saturated heterocycles. The smallest absolute Gasteiger partial charge is 0.243 e. The number of nitrogens with one attached hydrogen (secondary N) is 2. The fraction of sp³-hybridized carbons (Fsp3) is 0.238. The minimum Gasteiger partial charge on any atom is -0.493 e. The number of aromatic nitrogens is 3. The molecule has 0 saturated carbocycles. The van der Waals surface area contributed by atoms with E-state index in [-0.39, 0.29) is 24.8 Å². The molecule has 3 aromatic rings. The molecule has 2 N–H and O–H groups in total. The van der Waals surface area contributed by atoms with E-state index in [1.165, 1.54) is 6.33 Å². The van der Waals surface area contributed by atoms with Gasteiger partial charge < -0.3 is 20.1 Å². The van der Waals surface area contributed by atoms with E-state index in [4.69, 9.17) is 9.47 Å².